The van der Waals surface area contributed by atoms with E-state index in [2.05, 4.69) is 33.2 Å². The number of aromatic nitrogens is 1. The predicted octanol–water partition coefficient (Wildman–Crippen LogP) is 1.97. The lowest BCUT2D eigenvalue weighted by Gasteiger charge is -2.32. The average Bonchev–Trinajstić information content (AvgIpc) is 3.26. The van der Waals surface area contributed by atoms with Crippen molar-refractivity contribution >= 4 is 23.5 Å². The standard InChI is InChI=1S/C22H30N4O3S/c1-25-8-10-26(11-9-25)15-18-6-7-23-19(13-18)4-5-20(27)14-24-22(28)17-30-16-21-3-2-12-29-21/h2-3,6-7,12-13H,4-5,8-11,14-17H2,1H3,(H,24,28). The molecule has 0 aromatic carbocycles. The molecule has 0 radical (unpaired) electrons. The fourth-order valence-corrected chi connectivity index (χ4v) is 4.03. The van der Waals surface area contributed by atoms with Gasteiger partial charge in [-0.1, -0.05) is 0 Å². The van der Waals surface area contributed by atoms with Crippen molar-refractivity contribution in [3.05, 3.63) is 53.7 Å². The number of pyridine rings is 1. The zero-order chi connectivity index (χ0) is 21.2. The number of nitrogens with one attached hydrogen (secondary N) is 1. The summed E-state index contributed by atoms with van der Waals surface area (Å²) in [5.74, 6) is 1.68. The Hall–Kier alpha value is -2.16. The number of Topliss-reactive ketones (excluding diaryl/α,β-unsaturated/α-hetero) is 1. The van der Waals surface area contributed by atoms with Crippen LogP contribution in [0.4, 0.5) is 0 Å². The Morgan fingerprint density at radius 2 is 2.07 bits per heavy atom. The lowest BCUT2D eigenvalue weighted by molar-refractivity contribution is -0.123. The number of hydrogen-bond acceptors (Lipinski definition) is 7. The van der Waals surface area contributed by atoms with Gasteiger partial charge in [-0.3, -0.25) is 19.5 Å². The molecule has 1 aliphatic rings. The predicted molar refractivity (Wildman–Crippen MR) is 118 cm³/mol. The van der Waals surface area contributed by atoms with Gasteiger partial charge < -0.3 is 14.6 Å². The van der Waals surface area contributed by atoms with Gasteiger partial charge in [0.25, 0.3) is 0 Å². The van der Waals surface area contributed by atoms with Crippen LogP contribution in [0.1, 0.15) is 23.4 Å². The third-order valence-corrected chi connectivity index (χ3v) is 6.04. The minimum atomic E-state index is -0.132. The van der Waals surface area contributed by atoms with E-state index in [1.807, 2.05) is 24.4 Å². The van der Waals surface area contributed by atoms with E-state index in [0.717, 1.165) is 44.2 Å². The highest BCUT2D eigenvalue weighted by atomic mass is 32.2. The normalized spacial score (nSPS) is 15.2. The molecule has 2 aromatic heterocycles. The lowest BCUT2D eigenvalue weighted by atomic mass is 10.1. The first kappa shape index (κ1) is 22.5. The summed E-state index contributed by atoms with van der Waals surface area (Å²) in [4.78, 5) is 33.2. The van der Waals surface area contributed by atoms with E-state index in [9.17, 15) is 9.59 Å². The second kappa shape index (κ2) is 11.9. The topological polar surface area (TPSA) is 78.7 Å². The van der Waals surface area contributed by atoms with Gasteiger partial charge in [-0.2, -0.15) is 0 Å². The molecule has 0 unspecified atom stereocenters. The SMILES string of the molecule is CN1CCN(Cc2ccnc(CCC(=O)CNC(=O)CSCc3ccco3)c2)CC1. The number of nitrogens with zero attached hydrogens (tertiary/aromatic N) is 3. The number of piperazine rings is 1. The second-order valence-corrected chi connectivity index (χ2v) is 8.61. The molecule has 8 heteroatoms. The van der Waals surface area contributed by atoms with E-state index in [-0.39, 0.29) is 18.2 Å². The maximum atomic E-state index is 12.1. The molecule has 1 N–H and O–H groups in total. The molecule has 0 bridgehead atoms. The van der Waals surface area contributed by atoms with Gasteiger partial charge in [-0.15, -0.1) is 11.8 Å². The molecular formula is C22H30N4O3S. The lowest BCUT2D eigenvalue weighted by Crippen LogP contribution is -2.43. The molecule has 1 aliphatic heterocycles. The highest BCUT2D eigenvalue weighted by Gasteiger charge is 2.14. The van der Waals surface area contributed by atoms with Crippen molar-refractivity contribution in [2.24, 2.45) is 0 Å². The summed E-state index contributed by atoms with van der Waals surface area (Å²) in [6.45, 7) is 5.33. The number of thioether (sulfide) groups is 1. The first-order chi connectivity index (χ1) is 14.6. The Balaban J connectivity index is 1.32. The Kier molecular flexibility index (Phi) is 8.92. The van der Waals surface area contributed by atoms with Crippen molar-refractivity contribution in [3.63, 3.8) is 0 Å². The maximum Gasteiger partial charge on any atom is 0.230 e. The number of carbonyl (C=O) groups is 2. The molecule has 0 saturated carbocycles. The smallest absolute Gasteiger partial charge is 0.230 e. The summed E-state index contributed by atoms with van der Waals surface area (Å²) in [7, 11) is 2.15. The zero-order valence-electron chi connectivity index (χ0n) is 17.5. The van der Waals surface area contributed by atoms with Gasteiger partial charge in [0.1, 0.15) is 5.76 Å². The quantitative estimate of drug-likeness (QED) is 0.584. The Bertz CT molecular complexity index is 804. The number of furan rings is 1. The Morgan fingerprint density at radius 1 is 1.23 bits per heavy atom. The molecule has 0 atom stereocenters. The summed E-state index contributed by atoms with van der Waals surface area (Å²) in [5, 5.41) is 2.70. The maximum absolute atomic E-state index is 12.1. The fraction of sp³-hybridized carbons (Fsp3) is 0.500. The largest absolute Gasteiger partial charge is 0.468 e. The van der Waals surface area contributed by atoms with Crippen molar-refractivity contribution < 1.29 is 14.0 Å². The van der Waals surface area contributed by atoms with E-state index < -0.39 is 0 Å². The van der Waals surface area contributed by atoms with Crippen LogP contribution in [0.2, 0.25) is 0 Å². The van der Waals surface area contributed by atoms with E-state index in [0.29, 0.717) is 24.3 Å². The molecule has 3 rings (SSSR count). The molecule has 3 heterocycles. The van der Waals surface area contributed by atoms with Crippen molar-refractivity contribution in [1.29, 1.82) is 0 Å². The summed E-state index contributed by atoms with van der Waals surface area (Å²) in [6, 6.07) is 7.84. The van der Waals surface area contributed by atoms with Gasteiger partial charge in [-0.05, 0) is 43.3 Å². The third-order valence-electron chi connectivity index (χ3n) is 5.08. The first-order valence-corrected chi connectivity index (χ1v) is 11.5. The molecule has 1 amide bonds. The van der Waals surface area contributed by atoms with Gasteiger partial charge in [0.2, 0.25) is 5.91 Å². The zero-order valence-corrected chi connectivity index (χ0v) is 18.3. The number of likely N-dealkylation sites (N-methyl/N-ethyl adjacent to an activating group) is 1. The number of hydrogen-bond donors (Lipinski definition) is 1. The summed E-state index contributed by atoms with van der Waals surface area (Å²) in [6.07, 6.45) is 4.41. The van der Waals surface area contributed by atoms with Crippen LogP contribution in [0.15, 0.2) is 41.1 Å². The van der Waals surface area contributed by atoms with E-state index in [1.165, 1.54) is 17.3 Å². The number of amides is 1. The number of carbonyl (C=O) groups excluding carboxylic acids is 2. The molecule has 0 aliphatic carbocycles. The first-order valence-electron chi connectivity index (χ1n) is 10.3. The fourth-order valence-electron chi connectivity index (χ4n) is 3.27. The number of rotatable bonds is 11. The van der Waals surface area contributed by atoms with Gasteiger partial charge in [-0.25, -0.2) is 0 Å². The molecule has 7 nitrogen and oxygen atoms in total. The summed E-state index contributed by atoms with van der Waals surface area (Å²) < 4.78 is 5.23. The van der Waals surface area contributed by atoms with Crippen molar-refractivity contribution in [1.82, 2.24) is 20.1 Å². The van der Waals surface area contributed by atoms with Crippen LogP contribution in [0.3, 0.4) is 0 Å². The van der Waals surface area contributed by atoms with Crippen LogP contribution < -0.4 is 5.32 Å². The number of aryl methyl sites for hydroxylation is 1. The van der Waals surface area contributed by atoms with Crippen LogP contribution in [-0.2, 0) is 28.3 Å². The van der Waals surface area contributed by atoms with Crippen molar-refractivity contribution in [2.45, 2.75) is 25.1 Å². The van der Waals surface area contributed by atoms with Crippen molar-refractivity contribution in [3.8, 4) is 0 Å². The van der Waals surface area contributed by atoms with E-state index in [1.54, 1.807) is 6.26 Å². The van der Waals surface area contributed by atoms with Crippen LogP contribution in [0, 0.1) is 0 Å². The average molecular weight is 431 g/mol. The van der Waals surface area contributed by atoms with Crippen LogP contribution in [0.25, 0.3) is 0 Å². The van der Waals surface area contributed by atoms with Gasteiger partial charge in [0, 0.05) is 51.0 Å². The molecule has 1 saturated heterocycles. The molecule has 1 fully saturated rings. The van der Waals surface area contributed by atoms with Crippen LogP contribution in [0.5, 0.6) is 0 Å². The molecule has 162 valence electrons. The summed E-state index contributed by atoms with van der Waals surface area (Å²) >= 11 is 1.46. The monoisotopic (exact) mass is 430 g/mol. The molecule has 2 aromatic rings. The number of ketones is 1. The van der Waals surface area contributed by atoms with E-state index >= 15 is 0 Å². The minimum Gasteiger partial charge on any atom is -0.468 e. The highest BCUT2D eigenvalue weighted by Crippen LogP contribution is 2.12. The molecular weight excluding hydrogens is 400 g/mol. The second-order valence-electron chi connectivity index (χ2n) is 7.62. The van der Waals surface area contributed by atoms with E-state index in [4.69, 9.17) is 4.42 Å². The molecule has 30 heavy (non-hydrogen) atoms. The summed E-state index contributed by atoms with van der Waals surface area (Å²) in [5.41, 5.74) is 2.16. The Labute approximate surface area is 182 Å². The molecule has 0 spiro atoms. The highest BCUT2D eigenvalue weighted by molar-refractivity contribution is 7.99. The van der Waals surface area contributed by atoms with Gasteiger partial charge in [0.05, 0.1) is 24.3 Å². The van der Waals surface area contributed by atoms with Crippen LogP contribution in [-0.4, -0.2) is 72.0 Å². The third kappa shape index (κ3) is 7.93. The minimum absolute atomic E-state index is 0.0191. The van der Waals surface area contributed by atoms with Crippen LogP contribution >= 0.6 is 11.8 Å². The van der Waals surface area contributed by atoms with Gasteiger partial charge in [0.15, 0.2) is 5.78 Å². The van der Waals surface area contributed by atoms with Crippen molar-refractivity contribution in [2.75, 3.05) is 45.5 Å². The van der Waals surface area contributed by atoms with Gasteiger partial charge >= 0.3 is 0 Å². The Morgan fingerprint density at radius 3 is 2.83 bits per heavy atom.